The van der Waals surface area contributed by atoms with Crippen LogP contribution in [0.25, 0.3) is 10.9 Å². The van der Waals surface area contributed by atoms with Crippen LogP contribution in [-0.2, 0) is 11.2 Å². The Morgan fingerprint density at radius 2 is 2.11 bits per heavy atom. The molecular weight excluding hydrogens is 228 g/mol. The zero-order chi connectivity index (χ0) is 13.3. The van der Waals surface area contributed by atoms with Crippen LogP contribution >= 0.6 is 0 Å². The molecule has 4 heteroatoms. The number of hydrogen-bond donors (Lipinski definition) is 2. The van der Waals surface area contributed by atoms with Gasteiger partial charge >= 0.3 is 5.97 Å². The Balaban J connectivity index is 2.53. The van der Waals surface area contributed by atoms with Crippen molar-refractivity contribution in [2.75, 3.05) is 0 Å². The highest BCUT2D eigenvalue weighted by atomic mass is 16.4. The number of benzene rings is 1. The Morgan fingerprint density at radius 3 is 2.78 bits per heavy atom. The molecule has 2 aromatic rings. The van der Waals surface area contributed by atoms with Crippen LogP contribution in [-0.4, -0.2) is 22.1 Å². The highest BCUT2D eigenvalue weighted by Gasteiger charge is 2.14. The molecule has 0 saturated carbocycles. The number of aliphatic carboxylic acids is 1. The van der Waals surface area contributed by atoms with Gasteiger partial charge in [0, 0.05) is 11.6 Å². The number of carboxylic acid groups (broad SMARTS) is 1. The van der Waals surface area contributed by atoms with Gasteiger partial charge in [0.05, 0.1) is 5.52 Å². The van der Waals surface area contributed by atoms with E-state index in [1.54, 1.807) is 6.20 Å². The molecular formula is C14H16N2O2. The summed E-state index contributed by atoms with van der Waals surface area (Å²) in [6.07, 6.45) is 2.02. The molecule has 1 unspecified atom stereocenters. The van der Waals surface area contributed by atoms with Crippen molar-refractivity contribution in [3.8, 4) is 0 Å². The molecule has 1 heterocycles. The van der Waals surface area contributed by atoms with E-state index < -0.39 is 12.0 Å². The standard InChI is InChI=1S/C14H16N2O2/c1-8-3-4-11-10(7-12(15)14(17)18)5-6-16-13(11)9(8)2/h3-6,12H,7,15H2,1-2H3,(H,17,18). The van der Waals surface area contributed by atoms with Crippen LogP contribution in [0.1, 0.15) is 16.7 Å². The summed E-state index contributed by atoms with van der Waals surface area (Å²) in [5, 5.41) is 9.86. The fourth-order valence-electron chi connectivity index (χ4n) is 2.02. The molecule has 1 aromatic heterocycles. The molecule has 0 aliphatic rings. The number of aryl methyl sites for hydroxylation is 2. The van der Waals surface area contributed by atoms with Crippen molar-refractivity contribution < 1.29 is 9.90 Å². The minimum absolute atomic E-state index is 0.316. The van der Waals surface area contributed by atoms with E-state index in [4.69, 9.17) is 10.8 Å². The van der Waals surface area contributed by atoms with Crippen LogP contribution in [0.15, 0.2) is 24.4 Å². The maximum absolute atomic E-state index is 10.8. The minimum atomic E-state index is -0.983. The van der Waals surface area contributed by atoms with E-state index in [-0.39, 0.29) is 0 Å². The Hall–Kier alpha value is -1.94. The van der Waals surface area contributed by atoms with Gasteiger partial charge in [-0.1, -0.05) is 12.1 Å². The van der Waals surface area contributed by atoms with Gasteiger partial charge in [0.1, 0.15) is 6.04 Å². The lowest BCUT2D eigenvalue weighted by atomic mass is 9.98. The molecule has 0 amide bonds. The maximum atomic E-state index is 10.8. The summed E-state index contributed by atoms with van der Waals surface area (Å²) in [6, 6.07) is 4.96. The fraction of sp³-hybridized carbons (Fsp3) is 0.286. The molecule has 2 rings (SSSR count). The molecule has 0 spiro atoms. The number of hydrogen-bond acceptors (Lipinski definition) is 3. The van der Waals surface area contributed by atoms with Crippen LogP contribution < -0.4 is 5.73 Å². The van der Waals surface area contributed by atoms with Gasteiger partial charge in [-0.2, -0.15) is 0 Å². The molecule has 0 saturated heterocycles. The largest absolute Gasteiger partial charge is 0.480 e. The topological polar surface area (TPSA) is 76.2 Å². The molecule has 0 bridgehead atoms. The molecule has 0 radical (unpaired) electrons. The average Bonchev–Trinajstić information content (AvgIpc) is 2.34. The van der Waals surface area contributed by atoms with Gasteiger partial charge in [-0.3, -0.25) is 9.78 Å². The summed E-state index contributed by atoms with van der Waals surface area (Å²) in [5.41, 5.74) is 9.74. The van der Waals surface area contributed by atoms with E-state index in [1.165, 1.54) is 5.56 Å². The van der Waals surface area contributed by atoms with Gasteiger partial charge in [-0.25, -0.2) is 0 Å². The number of aromatic nitrogens is 1. The lowest BCUT2D eigenvalue weighted by Gasteiger charge is -2.11. The number of carboxylic acids is 1. The van der Waals surface area contributed by atoms with Crippen molar-refractivity contribution in [1.82, 2.24) is 4.98 Å². The lowest BCUT2D eigenvalue weighted by molar-refractivity contribution is -0.138. The quantitative estimate of drug-likeness (QED) is 0.863. The SMILES string of the molecule is Cc1ccc2c(CC(N)C(=O)O)ccnc2c1C. The summed E-state index contributed by atoms with van der Waals surface area (Å²) in [4.78, 5) is 15.2. The highest BCUT2D eigenvalue weighted by molar-refractivity contribution is 5.86. The number of fused-ring (bicyclic) bond motifs is 1. The number of rotatable bonds is 3. The molecule has 18 heavy (non-hydrogen) atoms. The Kier molecular flexibility index (Phi) is 3.30. The summed E-state index contributed by atoms with van der Waals surface area (Å²) < 4.78 is 0. The lowest BCUT2D eigenvalue weighted by Crippen LogP contribution is -2.32. The van der Waals surface area contributed by atoms with E-state index >= 15 is 0 Å². The van der Waals surface area contributed by atoms with Crippen LogP contribution in [0, 0.1) is 13.8 Å². The third-order valence-corrected chi connectivity index (χ3v) is 3.28. The van der Waals surface area contributed by atoms with Crippen LogP contribution in [0.2, 0.25) is 0 Å². The molecule has 3 N–H and O–H groups in total. The molecule has 0 aliphatic carbocycles. The van der Waals surface area contributed by atoms with Crippen LogP contribution in [0.3, 0.4) is 0 Å². The summed E-state index contributed by atoms with van der Waals surface area (Å²) in [6.45, 7) is 4.05. The van der Waals surface area contributed by atoms with Gasteiger partial charge < -0.3 is 10.8 Å². The first kappa shape index (κ1) is 12.5. The van der Waals surface area contributed by atoms with Gasteiger partial charge in [0.2, 0.25) is 0 Å². The van der Waals surface area contributed by atoms with E-state index in [2.05, 4.69) is 4.98 Å². The molecule has 94 valence electrons. The van der Waals surface area contributed by atoms with E-state index in [0.29, 0.717) is 6.42 Å². The second-order valence-electron chi connectivity index (χ2n) is 4.52. The first-order chi connectivity index (χ1) is 8.50. The van der Waals surface area contributed by atoms with Crippen molar-refractivity contribution in [1.29, 1.82) is 0 Å². The fourth-order valence-corrected chi connectivity index (χ4v) is 2.02. The molecule has 1 aromatic carbocycles. The van der Waals surface area contributed by atoms with Crippen LogP contribution in [0.4, 0.5) is 0 Å². The van der Waals surface area contributed by atoms with Gasteiger partial charge in [-0.15, -0.1) is 0 Å². The van der Waals surface area contributed by atoms with Gasteiger partial charge in [-0.05, 0) is 43.0 Å². The van der Waals surface area contributed by atoms with E-state index in [0.717, 1.165) is 22.0 Å². The van der Waals surface area contributed by atoms with E-state index in [1.807, 2.05) is 32.0 Å². The van der Waals surface area contributed by atoms with Gasteiger partial charge in [0.15, 0.2) is 0 Å². The van der Waals surface area contributed by atoms with Gasteiger partial charge in [0.25, 0.3) is 0 Å². The first-order valence-corrected chi connectivity index (χ1v) is 5.83. The Bertz CT molecular complexity index is 608. The number of carbonyl (C=O) groups is 1. The second kappa shape index (κ2) is 4.74. The average molecular weight is 244 g/mol. The number of pyridine rings is 1. The maximum Gasteiger partial charge on any atom is 0.320 e. The first-order valence-electron chi connectivity index (χ1n) is 5.83. The van der Waals surface area contributed by atoms with Crippen molar-refractivity contribution in [3.63, 3.8) is 0 Å². The minimum Gasteiger partial charge on any atom is -0.480 e. The molecule has 4 nitrogen and oxygen atoms in total. The summed E-state index contributed by atoms with van der Waals surface area (Å²) in [7, 11) is 0. The zero-order valence-corrected chi connectivity index (χ0v) is 10.5. The summed E-state index contributed by atoms with van der Waals surface area (Å²) in [5.74, 6) is -0.983. The predicted molar refractivity (Wildman–Crippen MR) is 70.5 cm³/mol. The third kappa shape index (κ3) is 2.19. The molecule has 0 fully saturated rings. The molecule has 0 aliphatic heterocycles. The second-order valence-corrected chi connectivity index (χ2v) is 4.52. The zero-order valence-electron chi connectivity index (χ0n) is 10.5. The van der Waals surface area contributed by atoms with Crippen molar-refractivity contribution in [2.45, 2.75) is 26.3 Å². The predicted octanol–water partition coefficient (Wildman–Crippen LogP) is 1.81. The van der Waals surface area contributed by atoms with Crippen molar-refractivity contribution in [2.24, 2.45) is 5.73 Å². The Labute approximate surface area is 105 Å². The number of nitrogens with two attached hydrogens (primary N) is 1. The van der Waals surface area contributed by atoms with Crippen LogP contribution in [0.5, 0.6) is 0 Å². The van der Waals surface area contributed by atoms with Crippen molar-refractivity contribution in [3.05, 3.63) is 41.1 Å². The summed E-state index contributed by atoms with van der Waals surface area (Å²) >= 11 is 0. The normalized spacial score (nSPS) is 12.6. The highest BCUT2D eigenvalue weighted by Crippen LogP contribution is 2.23. The monoisotopic (exact) mass is 244 g/mol. The smallest absolute Gasteiger partial charge is 0.320 e. The van der Waals surface area contributed by atoms with Crippen molar-refractivity contribution >= 4 is 16.9 Å². The Morgan fingerprint density at radius 1 is 1.39 bits per heavy atom. The van der Waals surface area contributed by atoms with E-state index in [9.17, 15) is 4.79 Å². The third-order valence-electron chi connectivity index (χ3n) is 3.28. The number of nitrogens with zero attached hydrogens (tertiary/aromatic N) is 1. The molecule has 1 atom stereocenters.